The molecule has 1 rings (SSSR count). The van der Waals surface area contributed by atoms with Crippen LogP contribution in [-0.4, -0.2) is 12.5 Å². The Balaban J connectivity index is 2.74. The highest BCUT2D eigenvalue weighted by molar-refractivity contribution is 5.28. The Labute approximate surface area is 78.3 Å². The standard InChI is InChI=1S/C9H7F4O/c1-6-2-4-7(5-3-6)14-9(12,13)8(10)11/h2-5,8H,1H2. The predicted molar refractivity (Wildman–Crippen MR) is 42.5 cm³/mol. The van der Waals surface area contributed by atoms with Gasteiger partial charge in [0.1, 0.15) is 5.75 Å². The van der Waals surface area contributed by atoms with E-state index in [4.69, 9.17) is 0 Å². The molecule has 0 saturated heterocycles. The number of hydrogen-bond donors (Lipinski definition) is 0. The molecule has 0 unspecified atom stereocenters. The first-order chi connectivity index (χ1) is 6.42. The van der Waals surface area contributed by atoms with E-state index in [1.54, 1.807) is 0 Å². The molecule has 0 fully saturated rings. The van der Waals surface area contributed by atoms with Gasteiger partial charge in [-0.15, -0.1) is 0 Å². The molecule has 0 saturated carbocycles. The van der Waals surface area contributed by atoms with E-state index in [9.17, 15) is 17.6 Å². The maximum Gasteiger partial charge on any atom is 0.461 e. The molecule has 14 heavy (non-hydrogen) atoms. The second kappa shape index (κ2) is 3.86. The maximum absolute atomic E-state index is 12.3. The van der Waals surface area contributed by atoms with Crippen molar-refractivity contribution < 1.29 is 22.3 Å². The molecule has 1 radical (unpaired) electrons. The Morgan fingerprint density at radius 3 is 2.07 bits per heavy atom. The van der Waals surface area contributed by atoms with E-state index in [1.165, 1.54) is 12.1 Å². The van der Waals surface area contributed by atoms with E-state index in [0.29, 0.717) is 5.56 Å². The average Bonchev–Trinajstić information content (AvgIpc) is 2.08. The Kier molecular flexibility index (Phi) is 2.98. The van der Waals surface area contributed by atoms with Gasteiger partial charge >= 0.3 is 12.5 Å². The van der Waals surface area contributed by atoms with Crippen LogP contribution in [0.3, 0.4) is 0 Å². The van der Waals surface area contributed by atoms with Crippen LogP contribution < -0.4 is 4.74 Å². The van der Waals surface area contributed by atoms with E-state index in [0.717, 1.165) is 12.1 Å². The van der Waals surface area contributed by atoms with Crippen molar-refractivity contribution in [3.63, 3.8) is 0 Å². The molecule has 0 N–H and O–H groups in total. The molecule has 0 heterocycles. The fraction of sp³-hybridized carbons (Fsp3) is 0.222. The van der Waals surface area contributed by atoms with Crippen molar-refractivity contribution in [2.75, 3.05) is 0 Å². The van der Waals surface area contributed by atoms with Crippen molar-refractivity contribution in [3.8, 4) is 5.75 Å². The van der Waals surface area contributed by atoms with Crippen LogP contribution in [0.15, 0.2) is 24.3 Å². The van der Waals surface area contributed by atoms with Gasteiger partial charge < -0.3 is 4.74 Å². The zero-order valence-electron chi connectivity index (χ0n) is 7.01. The molecule has 0 atom stereocenters. The fourth-order valence-corrected chi connectivity index (χ4v) is 0.759. The van der Waals surface area contributed by atoms with E-state index in [1.807, 2.05) is 0 Å². The van der Waals surface area contributed by atoms with Crippen LogP contribution in [0.25, 0.3) is 0 Å². The molecular weight excluding hydrogens is 200 g/mol. The van der Waals surface area contributed by atoms with Crippen LogP contribution in [0, 0.1) is 6.92 Å². The van der Waals surface area contributed by atoms with Gasteiger partial charge in [0.15, 0.2) is 0 Å². The number of alkyl halides is 4. The van der Waals surface area contributed by atoms with Gasteiger partial charge in [0.2, 0.25) is 0 Å². The van der Waals surface area contributed by atoms with Crippen molar-refractivity contribution in [2.24, 2.45) is 0 Å². The molecule has 77 valence electrons. The molecule has 0 aromatic heterocycles. The fourth-order valence-electron chi connectivity index (χ4n) is 0.759. The predicted octanol–water partition coefficient (Wildman–Crippen LogP) is 3.11. The second-order valence-corrected chi connectivity index (χ2v) is 2.61. The van der Waals surface area contributed by atoms with Gasteiger partial charge in [-0.25, -0.2) is 0 Å². The second-order valence-electron chi connectivity index (χ2n) is 2.61. The number of benzene rings is 1. The lowest BCUT2D eigenvalue weighted by Crippen LogP contribution is -2.33. The topological polar surface area (TPSA) is 9.23 Å². The van der Waals surface area contributed by atoms with Crippen molar-refractivity contribution >= 4 is 0 Å². The SMILES string of the molecule is [CH2]c1ccc(OC(F)(F)C(F)F)cc1. The van der Waals surface area contributed by atoms with Crippen molar-refractivity contribution in [3.05, 3.63) is 36.8 Å². The molecule has 0 amide bonds. The summed E-state index contributed by atoms with van der Waals surface area (Å²) in [5.41, 5.74) is 0.581. The number of rotatable bonds is 3. The summed E-state index contributed by atoms with van der Waals surface area (Å²) in [6.07, 6.45) is -8.30. The summed E-state index contributed by atoms with van der Waals surface area (Å²) in [5.74, 6) is -0.317. The van der Waals surface area contributed by atoms with E-state index < -0.39 is 12.5 Å². The van der Waals surface area contributed by atoms with Gasteiger partial charge in [-0.3, -0.25) is 0 Å². The first-order valence-corrected chi connectivity index (χ1v) is 3.69. The van der Waals surface area contributed by atoms with E-state index in [2.05, 4.69) is 11.7 Å². The average molecular weight is 207 g/mol. The zero-order valence-corrected chi connectivity index (χ0v) is 7.01. The summed E-state index contributed by atoms with van der Waals surface area (Å²) in [6.45, 7) is 3.50. The van der Waals surface area contributed by atoms with Gasteiger partial charge in [0.25, 0.3) is 0 Å². The van der Waals surface area contributed by atoms with Gasteiger partial charge in [0.05, 0.1) is 0 Å². The molecule has 1 nitrogen and oxygen atoms in total. The van der Waals surface area contributed by atoms with Gasteiger partial charge in [-0.1, -0.05) is 12.1 Å². The molecular formula is C9H7F4O. The van der Waals surface area contributed by atoms with Crippen LogP contribution in [0.1, 0.15) is 5.56 Å². The lowest BCUT2D eigenvalue weighted by atomic mass is 10.2. The largest absolute Gasteiger partial charge is 0.461 e. The summed E-state index contributed by atoms with van der Waals surface area (Å²) in [4.78, 5) is 0. The van der Waals surface area contributed by atoms with Crippen molar-refractivity contribution in [2.45, 2.75) is 12.5 Å². The van der Waals surface area contributed by atoms with Gasteiger partial charge in [0, 0.05) is 0 Å². The Morgan fingerprint density at radius 1 is 1.14 bits per heavy atom. The third-order valence-electron chi connectivity index (χ3n) is 1.43. The summed E-state index contributed by atoms with van der Waals surface area (Å²) in [5, 5.41) is 0. The normalized spacial score (nSPS) is 11.9. The Morgan fingerprint density at radius 2 is 1.64 bits per heavy atom. The summed E-state index contributed by atoms with van der Waals surface area (Å²) in [7, 11) is 0. The molecule has 0 aliphatic rings. The highest BCUT2D eigenvalue weighted by atomic mass is 19.3. The smallest absolute Gasteiger partial charge is 0.428 e. The summed E-state index contributed by atoms with van der Waals surface area (Å²) < 4.78 is 51.9. The molecule has 0 bridgehead atoms. The van der Waals surface area contributed by atoms with Gasteiger partial charge in [-0.05, 0) is 24.6 Å². The third kappa shape index (κ3) is 2.61. The maximum atomic E-state index is 12.3. The summed E-state index contributed by atoms with van der Waals surface area (Å²) >= 11 is 0. The van der Waals surface area contributed by atoms with Crippen LogP contribution in [-0.2, 0) is 0 Å². The zero-order chi connectivity index (χ0) is 10.8. The van der Waals surface area contributed by atoms with Crippen molar-refractivity contribution in [1.29, 1.82) is 0 Å². The lowest BCUT2D eigenvalue weighted by molar-refractivity contribution is -0.253. The number of halogens is 4. The lowest BCUT2D eigenvalue weighted by Gasteiger charge is -2.16. The van der Waals surface area contributed by atoms with Crippen LogP contribution in [0.2, 0.25) is 0 Å². The van der Waals surface area contributed by atoms with Crippen LogP contribution in [0.4, 0.5) is 17.6 Å². The quantitative estimate of drug-likeness (QED) is 0.692. The molecule has 1 aromatic rings. The van der Waals surface area contributed by atoms with Crippen molar-refractivity contribution in [1.82, 2.24) is 0 Å². The van der Waals surface area contributed by atoms with E-state index >= 15 is 0 Å². The summed E-state index contributed by atoms with van der Waals surface area (Å²) in [6, 6.07) is 5.07. The van der Waals surface area contributed by atoms with Gasteiger partial charge in [-0.2, -0.15) is 17.6 Å². The molecule has 0 aliphatic carbocycles. The highest BCUT2D eigenvalue weighted by Crippen LogP contribution is 2.27. The first-order valence-electron chi connectivity index (χ1n) is 3.69. The molecule has 5 heteroatoms. The molecule has 0 aliphatic heterocycles. The first kappa shape index (κ1) is 10.8. The Hall–Kier alpha value is -1.26. The highest BCUT2D eigenvalue weighted by Gasteiger charge is 2.43. The molecule has 0 spiro atoms. The minimum atomic E-state index is -4.46. The minimum Gasteiger partial charge on any atom is -0.428 e. The van der Waals surface area contributed by atoms with Crippen LogP contribution >= 0.6 is 0 Å². The third-order valence-corrected chi connectivity index (χ3v) is 1.43. The van der Waals surface area contributed by atoms with E-state index in [-0.39, 0.29) is 5.75 Å². The Bertz CT molecular complexity index is 294. The minimum absolute atomic E-state index is 0.317. The molecule has 1 aromatic carbocycles. The van der Waals surface area contributed by atoms with Crippen LogP contribution in [0.5, 0.6) is 5.75 Å². The number of hydrogen-bond acceptors (Lipinski definition) is 1. The number of ether oxygens (including phenoxy) is 1. The monoisotopic (exact) mass is 207 g/mol.